The maximum absolute atomic E-state index is 13.2. The van der Waals surface area contributed by atoms with Crippen LogP contribution >= 0.6 is 12.2 Å². The molecule has 2 aromatic rings. The molecule has 2 aliphatic heterocycles. The van der Waals surface area contributed by atoms with E-state index in [9.17, 15) is 9.18 Å². The maximum atomic E-state index is 13.2. The first-order chi connectivity index (χ1) is 13.1. The van der Waals surface area contributed by atoms with Gasteiger partial charge in [0.2, 0.25) is 0 Å². The van der Waals surface area contributed by atoms with Gasteiger partial charge in [0, 0.05) is 23.3 Å². The van der Waals surface area contributed by atoms with Gasteiger partial charge in [-0.3, -0.25) is 4.79 Å². The van der Waals surface area contributed by atoms with Crippen molar-refractivity contribution in [3.8, 4) is 0 Å². The highest BCUT2D eigenvalue weighted by atomic mass is 32.1. The molecule has 27 heavy (non-hydrogen) atoms. The molecule has 2 bridgehead atoms. The van der Waals surface area contributed by atoms with E-state index in [1.807, 2.05) is 37.3 Å². The van der Waals surface area contributed by atoms with Gasteiger partial charge in [-0.2, -0.15) is 0 Å². The lowest BCUT2D eigenvalue weighted by Crippen LogP contribution is -2.46. The molecule has 0 aromatic heterocycles. The summed E-state index contributed by atoms with van der Waals surface area (Å²) in [6.07, 6.45) is 3.99. The molecule has 140 valence electrons. The average molecular weight is 383 g/mol. The second kappa shape index (κ2) is 7.39. The largest absolute Gasteiger partial charge is 0.352 e. The number of hydrogen-bond donors (Lipinski definition) is 1. The lowest BCUT2D eigenvalue weighted by molar-refractivity contribution is 0.0571. The fourth-order valence-corrected chi connectivity index (χ4v) is 4.77. The Hall–Kier alpha value is -2.27. The molecule has 0 spiro atoms. The third-order valence-corrected chi connectivity index (χ3v) is 6.13. The molecule has 3 nitrogen and oxygen atoms in total. The zero-order valence-electron chi connectivity index (χ0n) is 15.3. The summed E-state index contributed by atoms with van der Waals surface area (Å²) in [5, 5.41) is 3.03. The number of halogens is 1. The number of benzene rings is 2. The van der Waals surface area contributed by atoms with Crippen LogP contribution in [0.5, 0.6) is 0 Å². The molecule has 1 N–H and O–H groups in total. The highest BCUT2D eigenvalue weighted by Crippen LogP contribution is 2.43. The van der Waals surface area contributed by atoms with E-state index in [2.05, 4.69) is 10.2 Å². The Bertz CT molecular complexity index is 853. The number of nitrogens with one attached hydrogen (secondary N) is 1. The molecule has 2 fully saturated rings. The highest BCUT2D eigenvalue weighted by Gasteiger charge is 2.43. The number of thiocarbonyl (C=S) groups is 1. The van der Waals surface area contributed by atoms with Crippen molar-refractivity contribution in [3.63, 3.8) is 0 Å². The molecular formula is C22H23FN2OS. The van der Waals surface area contributed by atoms with Crippen molar-refractivity contribution in [1.82, 2.24) is 4.90 Å². The van der Waals surface area contributed by atoms with Crippen molar-refractivity contribution in [3.05, 3.63) is 65.0 Å². The summed E-state index contributed by atoms with van der Waals surface area (Å²) in [5.74, 6) is 0.305. The molecule has 1 amide bonds. The van der Waals surface area contributed by atoms with Gasteiger partial charge in [-0.1, -0.05) is 30.4 Å². The zero-order valence-corrected chi connectivity index (χ0v) is 16.1. The Kier molecular flexibility index (Phi) is 4.96. The predicted octanol–water partition coefficient (Wildman–Crippen LogP) is 5.05. The van der Waals surface area contributed by atoms with Crippen molar-refractivity contribution < 1.29 is 9.18 Å². The first-order valence-corrected chi connectivity index (χ1v) is 9.93. The Balaban J connectivity index is 1.54. The summed E-state index contributed by atoms with van der Waals surface area (Å²) in [6, 6.07) is 13.1. The van der Waals surface area contributed by atoms with E-state index >= 15 is 0 Å². The molecule has 0 aliphatic carbocycles. The molecule has 1 unspecified atom stereocenters. The van der Waals surface area contributed by atoms with Gasteiger partial charge in [-0.15, -0.1) is 0 Å². The molecule has 2 heterocycles. The first-order valence-electron chi connectivity index (χ1n) is 9.46. The lowest BCUT2D eigenvalue weighted by Gasteiger charge is -2.39. The van der Waals surface area contributed by atoms with Crippen LogP contribution in [-0.4, -0.2) is 28.4 Å². The van der Waals surface area contributed by atoms with Gasteiger partial charge in [0.25, 0.3) is 5.91 Å². The van der Waals surface area contributed by atoms with E-state index in [4.69, 9.17) is 12.2 Å². The highest BCUT2D eigenvalue weighted by molar-refractivity contribution is 7.79. The molecule has 2 aliphatic rings. The standard InChI is InChI=1S/C22H23FN2OS/c1-14-2-3-16(12-21(14)24-13-27)22(26)25-19-8-9-20(25)11-17(10-19)15-4-6-18(23)7-5-15/h2-7,12-13,17,19-20H,8-11H2,1H3,(H,24,27)/t17?,19-,20+. The summed E-state index contributed by atoms with van der Waals surface area (Å²) in [4.78, 5) is 15.3. The summed E-state index contributed by atoms with van der Waals surface area (Å²) >= 11 is 4.89. The van der Waals surface area contributed by atoms with Gasteiger partial charge in [0.05, 0.1) is 5.49 Å². The molecular weight excluding hydrogens is 359 g/mol. The van der Waals surface area contributed by atoms with Crippen molar-refractivity contribution in [2.45, 2.75) is 50.6 Å². The van der Waals surface area contributed by atoms with Crippen LogP contribution in [0.1, 0.15) is 53.1 Å². The van der Waals surface area contributed by atoms with Crippen LogP contribution < -0.4 is 5.32 Å². The Morgan fingerprint density at radius 2 is 1.81 bits per heavy atom. The molecule has 0 saturated carbocycles. The number of carbonyl (C=O) groups is 1. The quantitative estimate of drug-likeness (QED) is 0.751. The SMILES string of the molecule is Cc1ccc(C(=O)N2[C@@H]3CC[C@H]2CC(c2ccc(F)cc2)C3)cc1NC=S. The Morgan fingerprint density at radius 3 is 2.44 bits per heavy atom. The van der Waals surface area contributed by atoms with E-state index in [-0.39, 0.29) is 23.8 Å². The van der Waals surface area contributed by atoms with Crippen LogP contribution in [0.15, 0.2) is 42.5 Å². The number of piperidine rings is 1. The molecule has 2 saturated heterocycles. The number of amides is 1. The van der Waals surface area contributed by atoms with Crippen LogP contribution in [-0.2, 0) is 0 Å². The summed E-state index contributed by atoms with van der Waals surface area (Å²) < 4.78 is 13.2. The Morgan fingerprint density at radius 1 is 1.15 bits per heavy atom. The zero-order chi connectivity index (χ0) is 19.0. The maximum Gasteiger partial charge on any atom is 0.254 e. The Labute approximate surface area is 164 Å². The number of hydrogen-bond acceptors (Lipinski definition) is 2. The fraction of sp³-hybridized carbons (Fsp3) is 0.364. The van der Waals surface area contributed by atoms with E-state index in [0.717, 1.165) is 36.9 Å². The molecule has 4 rings (SSSR count). The molecule has 0 radical (unpaired) electrons. The van der Waals surface area contributed by atoms with Crippen LogP contribution in [0.25, 0.3) is 0 Å². The second-order valence-corrected chi connectivity index (χ2v) is 7.84. The minimum absolute atomic E-state index is 0.104. The van der Waals surface area contributed by atoms with Gasteiger partial charge >= 0.3 is 0 Å². The minimum Gasteiger partial charge on any atom is -0.352 e. The molecule has 3 atom stereocenters. The monoisotopic (exact) mass is 382 g/mol. The van der Waals surface area contributed by atoms with Crippen molar-refractivity contribution in [2.24, 2.45) is 0 Å². The van der Waals surface area contributed by atoms with E-state index in [0.29, 0.717) is 11.5 Å². The predicted molar refractivity (Wildman–Crippen MR) is 110 cm³/mol. The number of anilines is 1. The van der Waals surface area contributed by atoms with Gasteiger partial charge in [-0.05, 0) is 73.9 Å². The van der Waals surface area contributed by atoms with E-state index in [1.165, 1.54) is 23.2 Å². The van der Waals surface area contributed by atoms with Gasteiger partial charge in [0.15, 0.2) is 0 Å². The third kappa shape index (κ3) is 3.48. The van der Waals surface area contributed by atoms with Crippen LogP contribution in [0.2, 0.25) is 0 Å². The van der Waals surface area contributed by atoms with Crippen LogP contribution in [0.3, 0.4) is 0 Å². The molecule has 5 heteroatoms. The van der Waals surface area contributed by atoms with Gasteiger partial charge in [0.1, 0.15) is 5.82 Å². The fourth-order valence-electron chi connectivity index (χ4n) is 4.64. The third-order valence-electron chi connectivity index (χ3n) is 6.01. The summed E-state index contributed by atoms with van der Waals surface area (Å²) in [6.45, 7) is 1.99. The first kappa shape index (κ1) is 18.1. The van der Waals surface area contributed by atoms with Crippen molar-refractivity contribution in [1.29, 1.82) is 0 Å². The number of rotatable bonds is 4. The minimum atomic E-state index is -0.200. The number of carbonyl (C=O) groups excluding carboxylic acids is 1. The van der Waals surface area contributed by atoms with E-state index < -0.39 is 0 Å². The summed E-state index contributed by atoms with van der Waals surface area (Å²) in [7, 11) is 0. The number of nitrogens with zero attached hydrogens (tertiary/aromatic N) is 1. The van der Waals surface area contributed by atoms with Crippen molar-refractivity contribution >= 4 is 29.3 Å². The lowest BCUT2D eigenvalue weighted by atomic mass is 9.84. The topological polar surface area (TPSA) is 32.3 Å². The average Bonchev–Trinajstić information content (AvgIpc) is 2.93. The summed E-state index contributed by atoms with van der Waals surface area (Å²) in [5.41, 5.74) is 5.30. The smallest absolute Gasteiger partial charge is 0.254 e. The van der Waals surface area contributed by atoms with E-state index in [1.54, 1.807) is 0 Å². The number of fused-ring (bicyclic) bond motifs is 2. The molecule has 2 aromatic carbocycles. The van der Waals surface area contributed by atoms with Gasteiger partial charge in [-0.25, -0.2) is 4.39 Å². The second-order valence-electron chi connectivity index (χ2n) is 7.61. The number of aryl methyl sites for hydroxylation is 1. The van der Waals surface area contributed by atoms with Crippen LogP contribution in [0.4, 0.5) is 10.1 Å². The van der Waals surface area contributed by atoms with Gasteiger partial charge < -0.3 is 10.2 Å². The van der Waals surface area contributed by atoms with Crippen molar-refractivity contribution in [2.75, 3.05) is 5.32 Å². The normalized spacial score (nSPS) is 23.9. The van der Waals surface area contributed by atoms with Crippen LogP contribution in [0, 0.1) is 12.7 Å².